The van der Waals surface area contributed by atoms with Gasteiger partial charge >= 0.3 is 0 Å². The van der Waals surface area contributed by atoms with E-state index < -0.39 is 5.91 Å². The van der Waals surface area contributed by atoms with Crippen molar-refractivity contribution in [2.45, 2.75) is 6.92 Å². The van der Waals surface area contributed by atoms with Gasteiger partial charge in [-0.1, -0.05) is 27.7 Å². The Morgan fingerprint density at radius 2 is 1.94 bits per heavy atom. The number of rotatable bonds is 6. The number of hydrogen-bond acceptors (Lipinski definition) is 10. The lowest BCUT2D eigenvalue weighted by Gasteiger charge is -1.99. The lowest BCUT2D eigenvalue weighted by molar-refractivity contribution is 0.101. The zero-order valence-corrected chi connectivity index (χ0v) is 18.5. The highest BCUT2D eigenvalue weighted by molar-refractivity contribution is 7.19. The Labute approximate surface area is 189 Å². The predicted molar refractivity (Wildman–Crippen MR) is 120 cm³/mol. The van der Waals surface area contributed by atoms with Crippen LogP contribution in [0, 0.1) is 6.92 Å². The number of carbonyl (C=O) groups is 1. The van der Waals surface area contributed by atoms with E-state index in [1.165, 1.54) is 22.7 Å². The van der Waals surface area contributed by atoms with Gasteiger partial charge in [-0.2, -0.15) is 4.98 Å². The van der Waals surface area contributed by atoms with Crippen LogP contribution < -0.4 is 10.1 Å². The molecule has 4 heterocycles. The van der Waals surface area contributed by atoms with Gasteiger partial charge in [0.25, 0.3) is 11.8 Å². The molecule has 0 saturated carbocycles. The Morgan fingerprint density at radius 1 is 1.09 bits per heavy atom. The largest absolute Gasteiger partial charge is 0.497 e. The Morgan fingerprint density at radius 3 is 2.69 bits per heavy atom. The standard InChI is InChI=1S/C21H15N5O4S2/c1-11-17(20-23-18(26-30-20)16-4-3-9-31-16)32-21(22-11)24-19(27)14-10-15(29-25-14)12-5-7-13(28-2)8-6-12/h3-10H,1-2H3,(H,22,24,27). The third kappa shape index (κ3) is 3.90. The average Bonchev–Trinajstić information content (AvgIpc) is 3.60. The van der Waals surface area contributed by atoms with Gasteiger partial charge in [-0.25, -0.2) is 4.98 Å². The maximum absolute atomic E-state index is 12.6. The lowest BCUT2D eigenvalue weighted by atomic mass is 10.1. The van der Waals surface area contributed by atoms with E-state index in [0.717, 1.165) is 16.2 Å². The Kier molecular flexibility index (Phi) is 5.25. The first-order chi connectivity index (χ1) is 15.6. The normalized spacial score (nSPS) is 10.9. The van der Waals surface area contributed by atoms with Crippen molar-refractivity contribution in [1.82, 2.24) is 20.3 Å². The summed E-state index contributed by atoms with van der Waals surface area (Å²) in [5.41, 5.74) is 1.59. The van der Waals surface area contributed by atoms with Gasteiger partial charge in [0.2, 0.25) is 5.82 Å². The highest BCUT2D eigenvalue weighted by Crippen LogP contribution is 2.33. The minimum atomic E-state index is -0.432. The van der Waals surface area contributed by atoms with Gasteiger partial charge in [0.15, 0.2) is 16.6 Å². The minimum absolute atomic E-state index is 0.142. The number of ether oxygens (including phenoxy) is 1. The predicted octanol–water partition coefficient (Wildman–Crippen LogP) is 5.15. The van der Waals surface area contributed by atoms with Gasteiger partial charge in [0.1, 0.15) is 10.6 Å². The van der Waals surface area contributed by atoms with Crippen molar-refractivity contribution in [3.05, 3.63) is 59.2 Å². The number of thiophene rings is 1. The number of methoxy groups -OCH3 is 1. The first-order valence-electron chi connectivity index (χ1n) is 9.38. The maximum Gasteiger partial charge on any atom is 0.279 e. The molecule has 32 heavy (non-hydrogen) atoms. The van der Waals surface area contributed by atoms with Gasteiger partial charge < -0.3 is 13.8 Å². The molecule has 4 aromatic heterocycles. The number of nitrogens with zero attached hydrogens (tertiary/aromatic N) is 4. The van der Waals surface area contributed by atoms with Crippen LogP contribution in [0.4, 0.5) is 5.13 Å². The third-order valence-corrected chi connectivity index (χ3v) is 6.42. The zero-order chi connectivity index (χ0) is 22.1. The van der Waals surface area contributed by atoms with E-state index in [1.807, 2.05) is 36.6 Å². The first-order valence-corrected chi connectivity index (χ1v) is 11.1. The highest BCUT2D eigenvalue weighted by Gasteiger charge is 2.20. The molecule has 0 bridgehead atoms. The molecule has 0 atom stereocenters. The smallest absolute Gasteiger partial charge is 0.279 e. The molecule has 0 radical (unpaired) electrons. The molecule has 0 fully saturated rings. The molecule has 0 aliphatic heterocycles. The van der Waals surface area contributed by atoms with E-state index in [0.29, 0.717) is 33.2 Å². The number of aryl methyl sites for hydroxylation is 1. The second-order valence-electron chi connectivity index (χ2n) is 6.59. The topological polar surface area (TPSA) is 116 Å². The fraction of sp³-hybridized carbons (Fsp3) is 0.0952. The number of anilines is 1. The summed E-state index contributed by atoms with van der Waals surface area (Å²) in [4.78, 5) is 23.1. The van der Waals surface area contributed by atoms with E-state index in [4.69, 9.17) is 13.8 Å². The number of nitrogens with one attached hydrogen (secondary N) is 1. The number of carbonyl (C=O) groups excluding carboxylic acids is 1. The Bertz CT molecular complexity index is 1370. The maximum atomic E-state index is 12.6. The van der Waals surface area contributed by atoms with Crippen LogP contribution in [-0.2, 0) is 0 Å². The van der Waals surface area contributed by atoms with E-state index in [2.05, 4.69) is 25.6 Å². The molecular formula is C21H15N5O4S2. The number of benzene rings is 1. The molecule has 1 amide bonds. The summed E-state index contributed by atoms with van der Waals surface area (Å²) in [5, 5.41) is 13.0. The summed E-state index contributed by atoms with van der Waals surface area (Å²) in [6, 6.07) is 12.7. The fourth-order valence-corrected chi connectivity index (χ4v) is 4.44. The number of aromatic nitrogens is 4. The van der Waals surface area contributed by atoms with E-state index in [-0.39, 0.29) is 5.69 Å². The quantitative estimate of drug-likeness (QED) is 0.366. The molecule has 11 heteroatoms. The van der Waals surface area contributed by atoms with Gasteiger partial charge in [-0.05, 0) is 42.6 Å². The molecular weight excluding hydrogens is 450 g/mol. The molecule has 0 unspecified atom stereocenters. The lowest BCUT2D eigenvalue weighted by Crippen LogP contribution is -2.11. The number of amides is 1. The molecule has 5 aromatic rings. The first kappa shape index (κ1) is 20.1. The van der Waals surface area contributed by atoms with Gasteiger partial charge in [0.05, 0.1) is 17.7 Å². The summed E-state index contributed by atoms with van der Waals surface area (Å²) in [6.45, 7) is 1.81. The van der Waals surface area contributed by atoms with E-state index >= 15 is 0 Å². The molecule has 1 N–H and O–H groups in total. The molecule has 0 aliphatic rings. The number of hydrogen-bond donors (Lipinski definition) is 1. The molecule has 9 nitrogen and oxygen atoms in total. The second-order valence-corrected chi connectivity index (χ2v) is 8.54. The summed E-state index contributed by atoms with van der Waals surface area (Å²) >= 11 is 2.77. The highest BCUT2D eigenvalue weighted by atomic mass is 32.1. The van der Waals surface area contributed by atoms with Crippen LogP contribution in [0.5, 0.6) is 5.75 Å². The molecule has 0 saturated heterocycles. The number of thiazole rings is 1. The van der Waals surface area contributed by atoms with Crippen molar-refractivity contribution < 1.29 is 18.6 Å². The molecule has 0 spiro atoms. The molecule has 0 aliphatic carbocycles. The van der Waals surface area contributed by atoms with Gasteiger partial charge in [-0.3, -0.25) is 10.1 Å². The van der Waals surface area contributed by atoms with Crippen LogP contribution in [0.25, 0.3) is 32.8 Å². The molecule has 160 valence electrons. The summed E-state index contributed by atoms with van der Waals surface area (Å²) in [5.74, 6) is 1.64. The minimum Gasteiger partial charge on any atom is -0.497 e. The average molecular weight is 466 g/mol. The van der Waals surface area contributed by atoms with Crippen LogP contribution in [0.1, 0.15) is 16.2 Å². The molecule has 1 aromatic carbocycles. The monoisotopic (exact) mass is 465 g/mol. The molecule has 5 rings (SSSR count). The second kappa shape index (κ2) is 8.36. The van der Waals surface area contributed by atoms with Crippen LogP contribution in [-0.4, -0.2) is 33.3 Å². The van der Waals surface area contributed by atoms with Crippen LogP contribution in [0.15, 0.2) is 56.9 Å². The van der Waals surface area contributed by atoms with E-state index in [1.54, 1.807) is 25.3 Å². The summed E-state index contributed by atoms with van der Waals surface area (Å²) in [7, 11) is 1.60. The van der Waals surface area contributed by atoms with Gasteiger partial charge in [-0.15, -0.1) is 11.3 Å². The summed E-state index contributed by atoms with van der Waals surface area (Å²) < 4.78 is 15.9. The van der Waals surface area contributed by atoms with Crippen molar-refractivity contribution >= 4 is 33.7 Å². The van der Waals surface area contributed by atoms with Crippen molar-refractivity contribution in [3.8, 4) is 38.5 Å². The zero-order valence-electron chi connectivity index (χ0n) is 16.9. The van der Waals surface area contributed by atoms with Crippen molar-refractivity contribution in [3.63, 3.8) is 0 Å². The Hall–Kier alpha value is -3.83. The van der Waals surface area contributed by atoms with Gasteiger partial charge in [0, 0.05) is 11.6 Å². The fourth-order valence-electron chi connectivity index (χ4n) is 2.90. The van der Waals surface area contributed by atoms with Crippen molar-refractivity contribution in [2.75, 3.05) is 12.4 Å². The van der Waals surface area contributed by atoms with Crippen LogP contribution >= 0.6 is 22.7 Å². The SMILES string of the molecule is COc1ccc(-c2cc(C(=O)Nc3nc(C)c(-c4nc(-c5cccs5)no4)s3)no2)cc1. The Balaban J connectivity index is 1.32. The third-order valence-electron chi connectivity index (χ3n) is 4.50. The van der Waals surface area contributed by atoms with Crippen molar-refractivity contribution in [2.24, 2.45) is 0 Å². The summed E-state index contributed by atoms with van der Waals surface area (Å²) in [6.07, 6.45) is 0. The van der Waals surface area contributed by atoms with E-state index in [9.17, 15) is 4.79 Å². The van der Waals surface area contributed by atoms with Crippen LogP contribution in [0.2, 0.25) is 0 Å². The van der Waals surface area contributed by atoms with Crippen molar-refractivity contribution in [1.29, 1.82) is 0 Å². The van der Waals surface area contributed by atoms with Crippen LogP contribution in [0.3, 0.4) is 0 Å².